The van der Waals surface area contributed by atoms with E-state index in [0.29, 0.717) is 0 Å². The molecule has 75 valence electrons. The van der Waals surface area contributed by atoms with E-state index in [0.717, 1.165) is 0 Å². The maximum atomic E-state index is 10.7. The third-order valence-electron chi connectivity index (χ3n) is 0.292. The van der Waals surface area contributed by atoms with E-state index in [1.165, 1.54) is 0 Å². The number of alkyl halides is 3. The van der Waals surface area contributed by atoms with Crippen molar-refractivity contribution in [2.24, 2.45) is 0 Å². The van der Waals surface area contributed by atoms with Crippen molar-refractivity contribution in [2.75, 3.05) is 0 Å². The standard InChI is InChI=1S/CHF3O3S.Ag.2ClH/c2-1(3,4)8(5,6)7;;;/h(H,5,6,7);;2*1H/q;+2;;/p-2. The molecule has 0 heterocycles. The van der Waals surface area contributed by atoms with Crippen molar-refractivity contribution in [3.8, 4) is 0 Å². The predicted molar refractivity (Wildman–Crippen MR) is 29.3 cm³/mol. The van der Waals surface area contributed by atoms with Crippen LogP contribution in [0, 0.1) is 0 Å². The quantitative estimate of drug-likeness (QED) is 0.419. The molecule has 0 saturated carbocycles. The molecule has 0 saturated heterocycles. The second kappa shape index (κ2) is 5.63. The predicted octanol–water partition coefficient (Wildman–Crippen LogP) is 1.77. The zero-order valence-electron chi connectivity index (χ0n) is 4.36. The molecule has 3 nitrogen and oxygen atoms in total. The van der Waals surface area contributed by atoms with E-state index >= 15 is 0 Å². The zero-order chi connectivity index (χ0) is 9.71. The van der Waals surface area contributed by atoms with Crippen LogP contribution in [0.4, 0.5) is 13.2 Å². The van der Waals surface area contributed by atoms with E-state index in [9.17, 15) is 13.2 Å². The maximum absolute atomic E-state index is 10.7. The van der Waals surface area contributed by atoms with Crippen LogP contribution < -0.4 is 0 Å². The Hall–Kier alpha value is 1.02. The summed E-state index contributed by atoms with van der Waals surface area (Å²) in [5, 5.41) is 0. The van der Waals surface area contributed by atoms with Gasteiger partial charge in [-0.2, -0.15) is 21.6 Å². The molecule has 0 amide bonds. The molecule has 0 aromatic rings. The number of rotatable bonds is 0. The van der Waals surface area contributed by atoms with E-state index in [2.05, 4.69) is 0 Å². The topological polar surface area (TPSA) is 54.4 Å². The second-order valence-electron chi connectivity index (χ2n) is 0.964. The molecule has 0 aliphatic heterocycles. The van der Waals surface area contributed by atoms with Gasteiger partial charge in [0, 0.05) is 0 Å². The molecule has 0 radical (unpaired) electrons. The molecular weight excluding hydrogens is 328 g/mol. The first-order valence-corrected chi connectivity index (χ1v) is 6.77. The Morgan fingerprint density at radius 2 is 1.36 bits per heavy atom. The fourth-order valence-corrected chi connectivity index (χ4v) is 0. The first-order chi connectivity index (χ1) is 4.66. The summed E-state index contributed by atoms with van der Waals surface area (Å²) >= 11 is 0.0144. The molecule has 0 aliphatic rings. The number of halogens is 5. The molecule has 0 unspecified atom stereocenters. The SMILES string of the molecule is O=S(=O)(O)C(F)(F)F.[Cl][Ag][Cl]. The van der Waals surface area contributed by atoms with Crippen molar-refractivity contribution in [2.45, 2.75) is 5.51 Å². The van der Waals surface area contributed by atoms with Crippen LogP contribution in [0.1, 0.15) is 0 Å². The molecule has 0 bridgehead atoms. The van der Waals surface area contributed by atoms with E-state index in [1.54, 1.807) is 0 Å². The summed E-state index contributed by atoms with van der Waals surface area (Å²) in [6.45, 7) is 0. The number of hydrogen-bond donors (Lipinski definition) is 1. The summed E-state index contributed by atoms with van der Waals surface area (Å²) in [5.74, 6) is 0. The third-order valence-corrected chi connectivity index (χ3v) is 0.877. The van der Waals surface area contributed by atoms with Gasteiger partial charge in [-0.15, -0.1) is 0 Å². The van der Waals surface area contributed by atoms with Crippen molar-refractivity contribution in [3.05, 3.63) is 0 Å². The Bertz CT molecular complexity index is 187. The van der Waals surface area contributed by atoms with E-state index < -0.39 is 15.6 Å². The molecule has 11 heavy (non-hydrogen) atoms. The minimum absolute atomic E-state index is 0.0144. The van der Waals surface area contributed by atoms with Crippen LogP contribution in [0.2, 0.25) is 0 Å². The van der Waals surface area contributed by atoms with E-state index in [4.69, 9.17) is 31.3 Å². The normalized spacial score (nSPS) is 12.2. The fraction of sp³-hybridized carbons (Fsp3) is 1.00. The van der Waals surface area contributed by atoms with Gasteiger partial charge in [-0.3, -0.25) is 4.55 Å². The average molecular weight is 329 g/mol. The molecule has 0 aliphatic carbocycles. The molecular formula is CHAgCl2F3O3S. The Morgan fingerprint density at radius 3 is 1.36 bits per heavy atom. The van der Waals surface area contributed by atoms with Gasteiger partial charge >= 0.3 is 51.6 Å². The van der Waals surface area contributed by atoms with Gasteiger partial charge in [-0.1, -0.05) is 0 Å². The summed E-state index contributed by atoms with van der Waals surface area (Å²) < 4.78 is 57.5. The monoisotopic (exact) mass is 327 g/mol. The van der Waals surface area contributed by atoms with Crippen LogP contribution >= 0.6 is 18.4 Å². The van der Waals surface area contributed by atoms with Crippen molar-refractivity contribution in [1.29, 1.82) is 0 Å². The minimum atomic E-state index is -5.84. The van der Waals surface area contributed by atoms with Crippen LogP contribution in [0.15, 0.2) is 0 Å². The first-order valence-electron chi connectivity index (χ1n) is 1.51. The van der Waals surface area contributed by atoms with E-state index in [1.807, 2.05) is 0 Å². The van der Waals surface area contributed by atoms with Gasteiger partial charge in [0.05, 0.1) is 0 Å². The Balaban J connectivity index is 0. The average Bonchev–Trinajstić information content (AvgIpc) is 1.60. The van der Waals surface area contributed by atoms with Gasteiger partial charge in [-0.05, 0) is 0 Å². The molecule has 1 N–H and O–H groups in total. The second-order valence-corrected chi connectivity index (χ2v) is 4.63. The molecule has 0 aromatic heterocycles. The van der Waals surface area contributed by atoms with Crippen LogP contribution in [0.5, 0.6) is 0 Å². The van der Waals surface area contributed by atoms with Crippen LogP contribution in [-0.2, 0) is 27.7 Å². The summed E-state index contributed by atoms with van der Waals surface area (Å²) in [6.07, 6.45) is 0. The fourth-order valence-electron chi connectivity index (χ4n) is 0. The van der Waals surface area contributed by atoms with Crippen molar-refractivity contribution in [3.63, 3.8) is 0 Å². The van der Waals surface area contributed by atoms with Crippen molar-refractivity contribution >= 4 is 28.5 Å². The van der Waals surface area contributed by atoms with Crippen molar-refractivity contribution < 1.29 is 43.7 Å². The van der Waals surface area contributed by atoms with Gasteiger partial charge in [0.15, 0.2) is 0 Å². The summed E-state index contributed by atoms with van der Waals surface area (Å²) in [4.78, 5) is 0. The Labute approximate surface area is 77.6 Å². The summed E-state index contributed by atoms with van der Waals surface area (Å²) in [5.41, 5.74) is -5.53. The number of hydrogen-bond acceptors (Lipinski definition) is 2. The Morgan fingerprint density at radius 1 is 1.27 bits per heavy atom. The van der Waals surface area contributed by atoms with Crippen molar-refractivity contribution in [1.82, 2.24) is 0 Å². The van der Waals surface area contributed by atoms with Crippen LogP contribution in [0.3, 0.4) is 0 Å². The summed E-state index contributed by atoms with van der Waals surface area (Å²) in [7, 11) is 3.75. The van der Waals surface area contributed by atoms with Gasteiger partial charge in [0.1, 0.15) is 0 Å². The van der Waals surface area contributed by atoms with Gasteiger partial charge < -0.3 is 0 Å². The summed E-state index contributed by atoms with van der Waals surface area (Å²) in [6, 6.07) is 0. The van der Waals surface area contributed by atoms with Crippen LogP contribution in [-0.4, -0.2) is 18.5 Å². The van der Waals surface area contributed by atoms with Gasteiger partial charge in [-0.25, -0.2) is 0 Å². The zero-order valence-corrected chi connectivity index (χ0v) is 8.17. The Kier molecular flexibility index (Phi) is 7.44. The molecule has 0 atom stereocenters. The third kappa shape index (κ3) is 8.93. The van der Waals surface area contributed by atoms with E-state index in [-0.39, 0.29) is 17.6 Å². The molecule has 10 heteroatoms. The molecule has 0 rings (SSSR count). The molecule has 0 fully saturated rings. The first kappa shape index (κ1) is 14.5. The van der Waals surface area contributed by atoms with Gasteiger partial charge in [0.25, 0.3) is 0 Å². The van der Waals surface area contributed by atoms with Crippen LogP contribution in [0.25, 0.3) is 0 Å². The van der Waals surface area contributed by atoms with Gasteiger partial charge in [0.2, 0.25) is 0 Å². The molecule has 0 spiro atoms. The molecule has 0 aromatic carbocycles.